The summed E-state index contributed by atoms with van der Waals surface area (Å²) in [7, 11) is 1.96. The van der Waals surface area contributed by atoms with Crippen molar-refractivity contribution in [3.05, 3.63) is 71.1 Å². The molecule has 4 rings (SSSR count). The van der Waals surface area contributed by atoms with Crippen LogP contribution in [-0.2, 0) is 20.8 Å². The molecule has 2 aliphatic heterocycles. The third kappa shape index (κ3) is 12.1. The van der Waals surface area contributed by atoms with Crippen LogP contribution in [0.25, 0.3) is 0 Å². The van der Waals surface area contributed by atoms with Crippen LogP contribution in [0.3, 0.4) is 0 Å². The minimum Gasteiger partial charge on any atom is -0.366 e. The van der Waals surface area contributed by atoms with Crippen LogP contribution in [0.15, 0.2) is 54.2 Å². The van der Waals surface area contributed by atoms with Crippen LogP contribution in [0.2, 0.25) is 0 Å². The van der Waals surface area contributed by atoms with E-state index < -0.39 is 17.6 Å². The van der Waals surface area contributed by atoms with E-state index >= 15 is 0 Å². The molecule has 12 nitrogen and oxygen atoms in total. The molecule has 1 aromatic carbocycles. The van der Waals surface area contributed by atoms with Gasteiger partial charge in [0.2, 0.25) is 17.7 Å². The SMILES string of the molecule is C=C/C=C(C(=N)Cc1ccc(F)c(C(=O)N2CCN(C(=O)CN(C)CCC(CC)CN3CCN(C(=O)C(N)C4CCCCC4)CC3)CC2)c1)\C(=C/C)C(N)=O. The number of benzene rings is 1. The zero-order chi connectivity index (χ0) is 40.1. The predicted molar refractivity (Wildman–Crippen MR) is 215 cm³/mol. The number of nitrogens with zero attached hydrogens (tertiary/aromatic N) is 5. The molecule has 55 heavy (non-hydrogen) atoms. The molecular formula is C42H63FN8O4. The Morgan fingerprint density at radius 1 is 0.982 bits per heavy atom. The molecule has 1 aromatic rings. The molecule has 1 aliphatic carbocycles. The van der Waals surface area contributed by atoms with Gasteiger partial charge in [-0.1, -0.05) is 63.5 Å². The molecule has 3 fully saturated rings. The summed E-state index contributed by atoms with van der Waals surface area (Å²) in [6.07, 6.45) is 12.3. The van der Waals surface area contributed by atoms with Gasteiger partial charge in [-0.25, -0.2) is 4.39 Å². The first kappa shape index (κ1) is 43.5. The van der Waals surface area contributed by atoms with E-state index in [9.17, 15) is 23.6 Å². The fourth-order valence-corrected chi connectivity index (χ4v) is 8.04. The smallest absolute Gasteiger partial charge is 0.256 e. The Kier molecular flexibility index (Phi) is 16.8. The Morgan fingerprint density at radius 3 is 2.22 bits per heavy atom. The van der Waals surface area contributed by atoms with Crippen LogP contribution in [-0.4, -0.2) is 139 Å². The van der Waals surface area contributed by atoms with Crippen molar-refractivity contribution in [1.82, 2.24) is 24.5 Å². The largest absolute Gasteiger partial charge is 0.366 e. The third-order valence-electron chi connectivity index (χ3n) is 11.6. The number of rotatable bonds is 17. The molecule has 2 unspecified atom stereocenters. The first-order valence-corrected chi connectivity index (χ1v) is 20.0. The Labute approximate surface area is 326 Å². The van der Waals surface area contributed by atoms with Crippen molar-refractivity contribution in [2.45, 2.75) is 71.3 Å². The van der Waals surface area contributed by atoms with Gasteiger partial charge in [0.05, 0.1) is 18.2 Å². The minimum absolute atomic E-state index is 0.00130. The number of allylic oxidation sites excluding steroid dienone is 3. The summed E-state index contributed by atoms with van der Waals surface area (Å²) >= 11 is 0. The van der Waals surface area contributed by atoms with Crippen LogP contribution >= 0.6 is 0 Å². The van der Waals surface area contributed by atoms with Gasteiger partial charge < -0.3 is 31.6 Å². The lowest BCUT2D eigenvalue weighted by Gasteiger charge is -2.39. The van der Waals surface area contributed by atoms with E-state index in [4.69, 9.17) is 16.9 Å². The summed E-state index contributed by atoms with van der Waals surface area (Å²) in [5, 5.41) is 8.60. The molecule has 5 N–H and O–H groups in total. The maximum absolute atomic E-state index is 15.0. The first-order valence-electron chi connectivity index (χ1n) is 20.0. The first-order chi connectivity index (χ1) is 26.4. The zero-order valence-electron chi connectivity index (χ0n) is 33.2. The van der Waals surface area contributed by atoms with Gasteiger partial charge in [0.15, 0.2) is 0 Å². The number of carbonyl (C=O) groups excluding carboxylic acids is 4. The summed E-state index contributed by atoms with van der Waals surface area (Å²) in [5.74, 6) is -0.883. The lowest BCUT2D eigenvalue weighted by molar-refractivity contribution is -0.136. The Hall–Kier alpha value is -4.20. The van der Waals surface area contributed by atoms with Crippen LogP contribution in [0.1, 0.15) is 74.7 Å². The number of likely N-dealkylation sites (N-methyl/N-ethyl adjacent to an activating group) is 1. The fourth-order valence-electron chi connectivity index (χ4n) is 8.04. The topological polar surface area (TPSA) is 160 Å². The van der Waals surface area contributed by atoms with Crippen molar-refractivity contribution in [2.75, 3.05) is 79.0 Å². The number of hydrogen-bond donors (Lipinski definition) is 3. The van der Waals surface area contributed by atoms with E-state index in [1.807, 2.05) is 11.9 Å². The quantitative estimate of drug-likeness (QED) is 0.124. The zero-order valence-corrected chi connectivity index (χ0v) is 33.2. The van der Waals surface area contributed by atoms with Gasteiger partial charge in [-0.3, -0.25) is 29.0 Å². The third-order valence-corrected chi connectivity index (χ3v) is 11.6. The fraction of sp³-hybridized carbons (Fsp3) is 0.595. The van der Waals surface area contributed by atoms with Crippen LogP contribution in [0.5, 0.6) is 0 Å². The highest BCUT2D eigenvalue weighted by atomic mass is 19.1. The number of nitrogens with one attached hydrogen (secondary N) is 1. The second kappa shape index (κ2) is 21.2. The van der Waals surface area contributed by atoms with Gasteiger partial charge in [-0.15, -0.1) is 0 Å². The highest BCUT2D eigenvalue weighted by Gasteiger charge is 2.32. The number of primary amides is 1. The van der Waals surface area contributed by atoms with Gasteiger partial charge in [-0.2, -0.15) is 0 Å². The van der Waals surface area contributed by atoms with E-state index in [0.29, 0.717) is 36.1 Å². The van der Waals surface area contributed by atoms with E-state index in [1.54, 1.807) is 16.7 Å². The molecule has 1 saturated carbocycles. The van der Waals surface area contributed by atoms with E-state index in [0.717, 1.165) is 65.0 Å². The monoisotopic (exact) mass is 762 g/mol. The number of piperazine rings is 2. The van der Waals surface area contributed by atoms with Gasteiger partial charge in [0.25, 0.3) is 5.91 Å². The maximum Gasteiger partial charge on any atom is 0.256 e. The molecule has 0 aromatic heterocycles. The summed E-state index contributed by atoms with van der Waals surface area (Å²) < 4.78 is 15.0. The molecule has 0 radical (unpaired) electrons. The minimum atomic E-state index is -0.674. The van der Waals surface area contributed by atoms with Crippen LogP contribution in [0.4, 0.5) is 4.39 Å². The van der Waals surface area contributed by atoms with Crippen molar-refractivity contribution in [3.63, 3.8) is 0 Å². The second-order valence-corrected chi connectivity index (χ2v) is 15.4. The Balaban J connectivity index is 1.20. The molecular weight excluding hydrogens is 700 g/mol. The number of halogens is 1. The second-order valence-electron chi connectivity index (χ2n) is 15.4. The molecule has 2 atom stereocenters. The van der Waals surface area contributed by atoms with E-state index in [2.05, 4.69) is 23.3 Å². The summed E-state index contributed by atoms with van der Waals surface area (Å²) in [6, 6.07) is 3.81. The van der Waals surface area contributed by atoms with Crippen molar-refractivity contribution in [1.29, 1.82) is 5.41 Å². The number of carbonyl (C=O) groups is 4. The van der Waals surface area contributed by atoms with Crippen LogP contribution < -0.4 is 11.5 Å². The van der Waals surface area contributed by atoms with Gasteiger partial charge in [-0.05, 0) is 69.3 Å². The Bertz CT molecular complexity index is 1590. The molecule has 3 aliphatic rings. The van der Waals surface area contributed by atoms with Crippen molar-refractivity contribution in [3.8, 4) is 0 Å². The maximum atomic E-state index is 15.0. The molecule has 302 valence electrons. The van der Waals surface area contributed by atoms with Gasteiger partial charge in [0.1, 0.15) is 5.82 Å². The standard InChI is InChI=1S/C42H63FN8O4/c1-5-11-34(33(7-3)40(46)53)37(44)27-31-14-15-36(43)35(26-31)41(54)50-24-22-49(23-25-50)38(52)29-47(4)17-16-30(6-2)28-48-18-20-51(21-19-48)42(55)39(45)32-12-9-8-10-13-32/h5,7,11,14-15,26,30,32,39,44H,1,6,8-10,12-13,16-25,27-29,45H2,2-4H3,(H2,46,53)/b33-7+,34-11+,44-37?. The van der Waals surface area contributed by atoms with E-state index in [1.165, 1.54) is 55.7 Å². The van der Waals surface area contributed by atoms with Crippen molar-refractivity contribution in [2.24, 2.45) is 23.3 Å². The summed E-state index contributed by atoms with van der Waals surface area (Å²) in [6.45, 7) is 14.0. The number of amides is 4. The molecule has 13 heteroatoms. The average molecular weight is 763 g/mol. The van der Waals surface area contributed by atoms with Gasteiger partial charge in [0, 0.05) is 82.2 Å². The number of hydrogen-bond acceptors (Lipinski definition) is 8. The lowest BCUT2D eigenvalue weighted by atomic mass is 9.83. The highest BCUT2D eigenvalue weighted by molar-refractivity contribution is 6.13. The summed E-state index contributed by atoms with van der Waals surface area (Å²) in [4.78, 5) is 61.5. The Morgan fingerprint density at radius 2 is 1.62 bits per heavy atom. The molecule has 2 saturated heterocycles. The molecule has 2 heterocycles. The number of nitrogens with two attached hydrogens (primary N) is 2. The normalized spacial score (nSPS) is 19.0. The predicted octanol–water partition coefficient (Wildman–Crippen LogP) is 3.62. The van der Waals surface area contributed by atoms with E-state index in [-0.39, 0.29) is 60.8 Å². The summed E-state index contributed by atoms with van der Waals surface area (Å²) in [5.41, 5.74) is 12.9. The van der Waals surface area contributed by atoms with Crippen molar-refractivity contribution < 1.29 is 23.6 Å². The lowest BCUT2D eigenvalue weighted by Crippen LogP contribution is -2.55. The average Bonchev–Trinajstić information content (AvgIpc) is 3.19. The van der Waals surface area contributed by atoms with Crippen molar-refractivity contribution >= 4 is 29.3 Å². The molecule has 0 bridgehead atoms. The van der Waals surface area contributed by atoms with Gasteiger partial charge >= 0.3 is 0 Å². The molecule has 0 spiro atoms. The van der Waals surface area contributed by atoms with Crippen LogP contribution in [0, 0.1) is 23.1 Å². The highest BCUT2D eigenvalue weighted by Crippen LogP contribution is 2.27. The molecule has 4 amide bonds.